The molecule has 0 amide bonds. The van der Waals surface area contributed by atoms with Gasteiger partial charge in [-0.3, -0.25) is 0 Å². The molecule has 0 unspecified atom stereocenters. The first-order valence-corrected chi connectivity index (χ1v) is 9.49. The van der Waals surface area contributed by atoms with Crippen LogP contribution >= 0.6 is 0 Å². The van der Waals surface area contributed by atoms with Gasteiger partial charge in [0.15, 0.2) is 0 Å². The second-order valence-electron chi connectivity index (χ2n) is 5.33. The second kappa shape index (κ2) is 8.70. The third kappa shape index (κ3) is 5.86. The molecule has 0 bridgehead atoms. The second-order valence-corrected chi connectivity index (χ2v) is 7.26. The van der Waals surface area contributed by atoms with Crippen LogP contribution in [0.15, 0.2) is 48.5 Å². The average molecular weight is 349 g/mol. The zero-order chi connectivity index (χ0) is 17.4. The van der Waals surface area contributed by atoms with Gasteiger partial charge in [-0.1, -0.05) is 31.2 Å². The van der Waals surface area contributed by atoms with Gasteiger partial charge in [0.1, 0.15) is 18.1 Å². The molecule has 2 aromatic rings. The molecule has 0 aliphatic carbocycles. The van der Waals surface area contributed by atoms with Gasteiger partial charge in [-0.05, 0) is 41.8 Å². The molecule has 130 valence electrons. The summed E-state index contributed by atoms with van der Waals surface area (Å²) in [4.78, 5) is 0. The lowest BCUT2D eigenvalue weighted by molar-refractivity contribution is 0.340. The average Bonchev–Trinajstić information content (AvgIpc) is 2.61. The molecule has 0 aliphatic heterocycles. The van der Waals surface area contributed by atoms with E-state index in [0.29, 0.717) is 5.75 Å². The van der Waals surface area contributed by atoms with Crippen molar-refractivity contribution in [2.45, 2.75) is 19.9 Å². The van der Waals surface area contributed by atoms with Gasteiger partial charge in [0.25, 0.3) is 0 Å². The molecule has 6 heteroatoms. The molecule has 1 N–H and O–H groups in total. The molecular formula is C18H23NO4S. The molecule has 0 heterocycles. The van der Waals surface area contributed by atoms with E-state index in [0.717, 1.165) is 17.7 Å². The summed E-state index contributed by atoms with van der Waals surface area (Å²) in [5, 5.41) is 0. The van der Waals surface area contributed by atoms with Crippen LogP contribution in [-0.4, -0.2) is 27.9 Å². The van der Waals surface area contributed by atoms with Crippen molar-refractivity contribution >= 4 is 10.0 Å². The van der Waals surface area contributed by atoms with E-state index in [-0.39, 0.29) is 18.9 Å². The highest BCUT2D eigenvalue weighted by Crippen LogP contribution is 2.13. The Morgan fingerprint density at radius 3 is 2.08 bits per heavy atom. The van der Waals surface area contributed by atoms with Gasteiger partial charge in [0, 0.05) is 6.54 Å². The van der Waals surface area contributed by atoms with E-state index in [1.807, 2.05) is 36.4 Å². The van der Waals surface area contributed by atoms with Gasteiger partial charge in [0.05, 0.1) is 12.9 Å². The van der Waals surface area contributed by atoms with Crippen molar-refractivity contribution in [2.24, 2.45) is 0 Å². The van der Waals surface area contributed by atoms with Crippen molar-refractivity contribution in [2.75, 3.05) is 19.5 Å². The number of rotatable bonds is 9. The first-order chi connectivity index (χ1) is 11.5. The highest BCUT2D eigenvalue weighted by Gasteiger charge is 2.10. The minimum absolute atomic E-state index is 0.0846. The Kier molecular flexibility index (Phi) is 6.63. The Balaban J connectivity index is 1.77. The molecular weight excluding hydrogens is 326 g/mol. The van der Waals surface area contributed by atoms with Gasteiger partial charge in [-0.15, -0.1) is 0 Å². The first kappa shape index (κ1) is 18.3. The normalized spacial score (nSPS) is 11.2. The fourth-order valence-corrected chi connectivity index (χ4v) is 2.93. The maximum Gasteiger partial charge on any atom is 0.215 e. The molecule has 0 spiro atoms. The Morgan fingerprint density at radius 2 is 1.50 bits per heavy atom. The highest BCUT2D eigenvalue weighted by atomic mass is 32.2. The third-order valence-corrected chi connectivity index (χ3v) is 4.90. The van der Waals surface area contributed by atoms with E-state index in [1.165, 1.54) is 5.56 Å². The van der Waals surface area contributed by atoms with Gasteiger partial charge in [-0.25, -0.2) is 13.1 Å². The van der Waals surface area contributed by atoms with Crippen LogP contribution in [0.3, 0.4) is 0 Å². The quantitative estimate of drug-likeness (QED) is 0.756. The van der Waals surface area contributed by atoms with Crippen LogP contribution < -0.4 is 14.2 Å². The fraction of sp³-hybridized carbons (Fsp3) is 0.333. The van der Waals surface area contributed by atoms with Gasteiger partial charge < -0.3 is 9.47 Å². The monoisotopic (exact) mass is 349 g/mol. The van der Waals surface area contributed by atoms with Gasteiger partial charge in [0.2, 0.25) is 10.0 Å². The van der Waals surface area contributed by atoms with E-state index >= 15 is 0 Å². The van der Waals surface area contributed by atoms with Crippen molar-refractivity contribution in [1.29, 1.82) is 0 Å². The zero-order valence-corrected chi connectivity index (χ0v) is 14.8. The number of hydrogen-bond donors (Lipinski definition) is 1. The van der Waals surface area contributed by atoms with Crippen molar-refractivity contribution in [3.63, 3.8) is 0 Å². The summed E-state index contributed by atoms with van der Waals surface area (Å²) in [6.07, 6.45) is 0.962. The van der Waals surface area contributed by atoms with Crippen LogP contribution in [0.25, 0.3) is 0 Å². The molecule has 2 rings (SSSR count). The third-order valence-electron chi connectivity index (χ3n) is 3.61. The van der Waals surface area contributed by atoms with Crippen LogP contribution in [0, 0.1) is 0 Å². The van der Waals surface area contributed by atoms with E-state index in [9.17, 15) is 8.42 Å². The summed E-state index contributed by atoms with van der Waals surface area (Å²) in [6.45, 7) is 2.44. The van der Waals surface area contributed by atoms with Crippen molar-refractivity contribution in [1.82, 2.24) is 4.72 Å². The lowest BCUT2D eigenvalue weighted by Crippen LogP contribution is -2.28. The molecule has 0 aromatic heterocycles. The Hall–Kier alpha value is -2.05. The van der Waals surface area contributed by atoms with Crippen LogP contribution in [0.4, 0.5) is 0 Å². The summed E-state index contributed by atoms with van der Waals surface area (Å²) in [7, 11) is -1.79. The Morgan fingerprint density at radius 1 is 0.917 bits per heavy atom. The summed E-state index contributed by atoms with van der Waals surface area (Å²) in [5.41, 5.74) is 2.09. The van der Waals surface area contributed by atoms with Crippen molar-refractivity contribution < 1.29 is 17.9 Å². The molecule has 2 aromatic carbocycles. The lowest BCUT2D eigenvalue weighted by atomic mass is 10.2. The van der Waals surface area contributed by atoms with Crippen LogP contribution in [-0.2, 0) is 23.0 Å². The lowest BCUT2D eigenvalue weighted by Gasteiger charge is -2.09. The number of hydrogen-bond acceptors (Lipinski definition) is 4. The van der Waals surface area contributed by atoms with Crippen molar-refractivity contribution in [3.05, 3.63) is 59.7 Å². The number of ether oxygens (including phenoxy) is 2. The standard InChI is InChI=1S/C18H23NO4S/c1-3-15-4-10-18(11-5-15)23-12-13-24(20,21)19-14-16-6-8-17(22-2)9-7-16/h4-11,19H,3,12-14H2,1-2H3. The van der Waals surface area contributed by atoms with Gasteiger partial charge in [-0.2, -0.15) is 0 Å². The van der Waals surface area contributed by atoms with Crippen LogP contribution in [0.2, 0.25) is 0 Å². The SMILES string of the molecule is CCc1ccc(OCCS(=O)(=O)NCc2ccc(OC)cc2)cc1. The predicted octanol–water partition coefficient (Wildman–Crippen LogP) is 2.76. The smallest absolute Gasteiger partial charge is 0.215 e. The fourth-order valence-electron chi connectivity index (χ4n) is 2.10. The summed E-state index contributed by atoms with van der Waals surface area (Å²) in [5.74, 6) is 1.33. The van der Waals surface area contributed by atoms with E-state index in [4.69, 9.17) is 9.47 Å². The predicted molar refractivity (Wildman–Crippen MR) is 94.9 cm³/mol. The number of benzene rings is 2. The maximum atomic E-state index is 12.0. The molecule has 0 radical (unpaired) electrons. The summed E-state index contributed by atoms with van der Waals surface area (Å²) in [6, 6.07) is 14.9. The Labute approximate surface area is 143 Å². The molecule has 24 heavy (non-hydrogen) atoms. The zero-order valence-electron chi connectivity index (χ0n) is 14.0. The number of nitrogens with one attached hydrogen (secondary N) is 1. The summed E-state index contributed by atoms with van der Waals surface area (Å²) >= 11 is 0. The van der Waals surface area contributed by atoms with Crippen LogP contribution in [0.1, 0.15) is 18.1 Å². The van der Waals surface area contributed by atoms with Crippen LogP contribution in [0.5, 0.6) is 11.5 Å². The van der Waals surface area contributed by atoms with Gasteiger partial charge >= 0.3 is 0 Å². The number of aryl methyl sites for hydroxylation is 1. The molecule has 0 aliphatic rings. The molecule has 0 fully saturated rings. The van der Waals surface area contributed by atoms with E-state index in [2.05, 4.69) is 11.6 Å². The number of sulfonamides is 1. The Bertz CT molecular complexity index is 725. The first-order valence-electron chi connectivity index (χ1n) is 7.84. The van der Waals surface area contributed by atoms with E-state index in [1.54, 1.807) is 19.2 Å². The molecule has 5 nitrogen and oxygen atoms in total. The topological polar surface area (TPSA) is 64.6 Å². The maximum absolute atomic E-state index is 12.0. The minimum atomic E-state index is -3.38. The molecule has 0 atom stereocenters. The molecule has 0 saturated heterocycles. The van der Waals surface area contributed by atoms with E-state index < -0.39 is 10.0 Å². The largest absolute Gasteiger partial charge is 0.497 e. The minimum Gasteiger partial charge on any atom is -0.497 e. The highest BCUT2D eigenvalue weighted by molar-refractivity contribution is 7.89. The molecule has 0 saturated carbocycles. The summed E-state index contributed by atoms with van der Waals surface area (Å²) < 4.78 is 37.1. The van der Waals surface area contributed by atoms with Crippen molar-refractivity contribution in [3.8, 4) is 11.5 Å². The number of methoxy groups -OCH3 is 1.